The highest BCUT2D eigenvalue weighted by molar-refractivity contribution is 6.30. The minimum atomic E-state index is -0.873. The zero-order valence-corrected chi connectivity index (χ0v) is 12.2. The quantitative estimate of drug-likeness (QED) is 0.502. The Morgan fingerprint density at radius 2 is 2.05 bits per heavy atom. The Kier molecular flexibility index (Phi) is 4.34. The van der Waals surface area contributed by atoms with Gasteiger partial charge in [0.2, 0.25) is 5.88 Å². The second-order valence-electron chi connectivity index (χ2n) is 4.17. The lowest BCUT2D eigenvalue weighted by Crippen LogP contribution is -2.12. The molecule has 0 aliphatic rings. The Morgan fingerprint density at radius 1 is 1.41 bits per heavy atom. The van der Waals surface area contributed by atoms with Gasteiger partial charge >= 0.3 is 5.97 Å². The van der Waals surface area contributed by atoms with Crippen molar-refractivity contribution in [2.45, 2.75) is 0 Å². The monoisotopic (exact) mass is 318 g/mol. The number of hydrogen-bond acceptors (Lipinski definition) is 7. The van der Waals surface area contributed by atoms with Crippen LogP contribution in [0, 0.1) is 11.3 Å². The molecular formula is C14H11ClN4O3. The molecular weight excluding hydrogens is 308 g/mol. The Hall–Kier alpha value is -2.98. The van der Waals surface area contributed by atoms with E-state index in [1.807, 2.05) is 0 Å². The van der Waals surface area contributed by atoms with Crippen LogP contribution in [0.1, 0.15) is 5.56 Å². The second-order valence-corrected chi connectivity index (χ2v) is 4.61. The van der Waals surface area contributed by atoms with E-state index in [-0.39, 0.29) is 22.7 Å². The summed E-state index contributed by atoms with van der Waals surface area (Å²) in [6, 6.07) is 8.35. The topological polar surface area (TPSA) is 128 Å². The van der Waals surface area contributed by atoms with E-state index in [2.05, 4.69) is 9.89 Å². The van der Waals surface area contributed by atoms with Gasteiger partial charge < -0.3 is 20.7 Å². The first-order valence-electron chi connectivity index (χ1n) is 5.99. The van der Waals surface area contributed by atoms with Crippen molar-refractivity contribution in [3.8, 4) is 17.3 Å². The average molecular weight is 319 g/mol. The molecule has 7 nitrogen and oxygen atoms in total. The number of methoxy groups -OCH3 is 1. The third-order valence-corrected chi connectivity index (χ3v) is 3.13. The molecule has 1 aromatic heterocycles. The molecule has 1 aromatic carbocycles. The summed E-state index contributed by atoms with van der Waals surface area (Å²) in [5, 5.41) is 13.4. The fraction of sp³-hybridized carbons (Fsp3) is 0.0714. The molecule has 2 rings (SSSR count). The number of esters is 1. The molecule has 4 N–H and O–H groups in total. The summed E-state index contributed by atoms with van der Waals surface area (Å²) in [5.74, 6) is -0.984. The van der Waals surface area contributed by atoms with Crippen molar-refractivity contribution >= 4 is 29.2 Å². The molecule has 112 valence electrons. The Balaban J connectivity index is 2.64. The minimum Gasteiger partial charge on any atom is -0.465 e. The number of halogens is 1. The second kappa shape index (κ2) is 6.20. The number of nitrogens with two attached hydrogens (primary N) is 2. The van der Waals surface area contributed by atoms with Crippen LogP contribution in [-0.4, -0.2) is 18.2 Å². The van der Waals surface area contributed by atoms with Crippen LogP contribution < -0.4 is 11.5 Å². The molecule has 0 fully saturated rings. The van der Waals surface area contributed by atoms with E-state index in [1.54, 1.807) is 30.3 Å². The summed E-state index contributed by atoms with van der Waals surface area (Å²) < 4.78 is 9.44. The molecule has 0 spiro atoms. The van der Waals surface area contributed by atoms with Crippen LogP contribution in [0.2, 0.25) is 5.02 Å². The number of rotatable bonds is 3. The summed E-state index contributed by atoms with van der Waals surface area (Å²) in [5.41, 5.74) is 12.1. The molecule has 8 heteroatoms. The Bertz CT molecular complexity index is 787. The van der Waals surface area contributed by atoms with E-state index in [1.165, 1.54) is 0 Å². The third-order valence-electron chi connectivity index (χ3n) is 2.88. The number of nitriles is 1. The molecule has 2 aromatic rings. The highest BCUT2D eigenvalue weighted by Gasteiger charge is 2.24. The van der Waals surface area contributed by atoms with Crippen LogP contribution in [0.4, 0.5) is 5.88 Å². The van der Waals surface area contributed by atoms with E-state index >= 15 is 0 Å². The van der Waals surface area contributed by atoms with Crippen molar-refractivity contribution in [3.63, 3.8) is 0 Å². The summed E-state index contributed by atoms with van der Waals surface area (Å²) in [4.78, 5) is 11.6. The zero-order valence-electron chi connectivity index (χ0n) is 11.5. The van der Waals surface area contributed by atoms with E-state index in [9.17, 15) is 4.79 Å². The van der Waals surface area contributed by atoms with Gasteiger partial charge in [-0.1, -0.05) is 28.9 Å². The molecule has 1 heterocycles. The first kappa shape index (κ1) is 15.4. The molecule has 0 aliphatic carbocycles. The van der Waals surface area contributed by atoms with Crippen LogP contribution in [0.15, 0.2) is 34.4 Å². The minimum absolute atomic E-state index is 0.112. The third kappa shape index (κ3) is 2.73. The number of carbonyl (C=O) groups excluding carboxylic acids is 1. The summed E-state index contributed by atoms with van der Waals surface area (Å²) in [6.07, 6.45) is 0. The summed E-state index contributed by atoms with van der Waals surface area (Å²) >= 11 is 5.83. The molecule has 0 saturated heterocycles. The van der Waals surface area contributed by atoms with Crippen LogP contribution in [0.25, 0.3) is 17.0 Å². The molecule has 0 bridgehead atoms. The van der Waals surface area contributed by atoms with Gasteiger partial charge in [0.1, 0.15) is 11.8 Å². The smallest absolute Gasteiger partial charge is 0.350 e. The Morgan fingerprint density at radius 3 is 2.59 bits per heavy atom. The zero-order chi connectivity index (χ0) is 16.3. The Labute approximate surface area is 130 Å². The van der Waals surface area contributed by atoms with Crippen molar-refractivity contribution in [2.24, 2.45) is 5.73 Å². The number of anilines is 1. The van der Waals surface area contributed by atoms with Gasteiger partial charge in [-0.25, -0.2) is 4.79 Å². The van der Waals surface area contributed by atoms with E-state index < -0.39 is 5.97 Å². The maximum Gasteiger partial charge on any atom is 0.350 e. The van der Waals surface area contributed by atoms with Crippen LogP contribution >= 0.6 is 11.6 Å². The van der Waals surface area contributed by atoms with Crippen molar-refractivity contribution in [2.75, 3.05) is 12.8 Å². The molecule has 0 atom stereocenters. The molecule has 0 aliphatic heterocycles. The molecule has 22 heavy (non-hydrogen) atoms. The number of hydrogen-bond donors (Lipinski definition) is 2. The predicted molar refractivity (Wildman–Crippen MR) is 80.1 cm³/mol. The van der Waals surface area contributed by atoms with Gasteiger partial charge in [0, 0.05) is 10.6 Å². The fourth-order valence-corrected chi connectivity index (χ4v) is 1.94. The van der Waals surface area contributed by atoms with Crippen molar-refractivity contribution < 1.29 is 14.1 Å². The number of nitrogen functional groups attached to an aromatic ring is 1. The van der Waals surface area contributed by atoms with Crippen molar-refractivity contribution in [1.29, 1.82) is 5.26 Å². The first-order chi connectivity index (χ1) is 10.5. The molecule has 0 unspecified atom stereocenters. The predicted octanol–water partition coefficient (Wildman–Crippen LogP) is 1.94. The largest absolute Gasteiger partial charge is 0.465 e. The van der Waals surface area contributed by atoms with Crippen molar-refractivity contribution in [1.82, 2.24) is 5.16 Å². The maximum absolute atomic E-state index is 11.6. The van der Waals surface area contributed by atoms with Crippen LogP contribution in [0.3, 0.4) is 0 Å². The van der Waals surface area contributed by atoms with E-state index in [4.69, 9.17) is 32.9 Å². The van der Waals surface area contributed by atoms with E-state index in [0.29, 0.717) is 16.3 Å². The van der Waals surface area contributed by atoms with Crippen LogP contribution in [-0.2, 0) is 9.53 Å². The van der Waals surface area contributed by atoms with E-state index in [0.717, 1.165) is 7.11 Å². The molecule has 0 saturated carbocycles. The fourth-order valence-electron chi connectivity index (χ4n) is 1.81. The number of carbonyl (C=O) groups is 1. The van der Waals surface area contributed by atoms with Gasteiger partial charge in [-0.05, 0) is 12.1 Å². The lowest BCUT2D eigenvalue weighted by atomic mass is 10.0. The average Bonchev–Trinajstić information content (AvgIpc) is 2.90. The highest BCUT2D eigenvalue weighted by Crippen LogP contribution is 2.32. The van der Waals surface area contributed by atoms with Gasteiger partial charge in [0.05, 0.1) is 18.4 Å². The maximum atomic E-state index is 11.6. The summed E-state index contributed by atoms with van der Waals surface area (Å²) in [6.45, 7) is 0. The molecule has 0 radical (unpaired) electrons. The van der Waals surface area contributed by atoms with Gasteiger partial charge in [-0.2, -0.15) is 5.26 Å². The lowest BCUT2D eigenvalue weighted by Gasteiger charge is -2.05. The highest BCUT2D eigenvalue weighted by atomic mass is 35.5. The summed E-state index contributed by atoms with van der Waals surface area (Å²) in [7, 11) is 1.14. The molecule has 0 amide bonds. The SMILES string of the molecule is COC(=O)C(C#N)=C(N)c1c(-c2ccc(Cl)cc2)noc1N. The number of aromatic nitrogens is 1. The van der Waals surface area contributed by atoms with Gasteiger partial charge in [-0.15, -0.1) is 0 Å². The number of ether oxygens (including phenoxy) is 1. The first-order valence-corrected chi connectivity index (χ1v) is 6.37. The van der Waals surface area contributed by atoms with Gasteiger partial charge in [0.15, 0.2) is 5.57 Å². The van der Waals surface area contributed by atoms with Crippen LogP contribution in [0.5, 0.6) is 0 Å². The standard InChI is InChI=1S/C14H11ClN4O3/c1-21-14(20)9(6-16)11(17)10-12(19-22-13(10)18)7-2-4-8(15)5-3-7/h2-5H,17-18H2,1H3. The normalized spacial score (nSPS) is 11.5. The van der Waals surface area contributed by atoms with Gasteiger partial charge in [0.25, 0.3) is 0 Å². The number of benzene rings is 1. The van der Waals surface area contributed by atoms with Crippen molar-refractivity contribution in [3.05, 3.63) is 40.4 Å². The lowest BCUT2D eigenvalue weighted by molar-refractivity contribution is -0.135. The number of nitrogens with zero attached hydrogens (tertiary/aromatic N) is 2. The van der Waals surface area contributed by atoms with Gasteiger partial charge in [-0.3, -0.25) is 0 Å².